The van der Waals surface area contributed by atoms with E-state index in [1.165, 1.54) is 64.6 Å². The van der Waals surface area contributed by atoms with Crippen LogP contribution in [0.5, 0.6) is 0 Å². The molecule has 1 N–H and O–H groups in total. The van der Waals surface area contributed by atoms with E-state index >= 15 is 0 Å². The van der Waals surface area contributed by atoms with Crippen LogP contribution in [-0.4, -0.2) is 73.7 Å². The molecule has 0 bridgehead atoms. The Morgan fingerprint density at radius 1 is 0.806 bits per heavy atom. The number of nitrogens with zero attached hydrogens (tertiary/aromatic N) is 2. The van der Waals surface area contributed by atoms with Gasteiger partial charge in [-0.1, -0.05) is 70.8 Å². The van der Waals surface area contributed by atoms with Crippen LogP contribution in [0.4, 0.5) is 0 Å². The van der Waals surface area contributed by atoms with Crippen molar-refractivity contribution in [2.45, 2.75) is 129 Å². The Morgan fingerprint density at radius 2 is 1.42 bits per heavy atom. The summed E-state index contributed by atoms with van der Waals surface area (Å²) in [6.45, 7) is 4.20. The predicted octanol–water partition coefficient (Wildman–Crippen LogP) is 6.51. The summed E-state index contributed by atoms with van der Waals surface area (Å²) in [5.41, 5.74) is 0. The number of ether oxygens (including phenoxy) is 1. The number of methoxy groups -OCH3 is 1. The van der Waals surface area contributed by atoms with Crippen LogP contribution in [0, 0.1) is 0 Å². The Kier molecular flexibility index (Phi) is 24.3. The number of allylic oxidation sites excluding steroid dienone is 1. The highest BCUT2D eigenvalue weighted by Gasteiger charge is 2.22. The molecule has 0 aliphatic rings. The van der Waals surface area contributed by atoms with Gasteiger partial charge in [0, 0.05) is 31.7 Å². The van der Waals surface area contributed by atoms with Crippen LogP contribution >= 0.6 is 0 Å². The SMILES string of the molecule is CCCCCCCCCCC(CCCCC=CC(=O)OC)N(CCCCCO)C(=O)CCCN(C)C. The Hall–Kier alpha value is -1.40. The molecule has 0 aromatic rings. The van der Waals surface area contributed by atoms with E-state index in [1.54, 1.807) is 0 Å². The average molecular weight is 511 g/mol. The standard InChI is InChI=1S/C30H58N2O4/c1-5-6-7-8-9-10-11-15-21-28(22-16-12-13-17-24-30(35)36-4)32(26-18-14-19-27-33)29(34)23-20-25-31(2)3/h17,24,28,33H,5-16,18-23,25-27H2,1-4H3. The van der Waals surface area contributed by atoms with E-state index < -0.39 is 0 Å². The van der Waals surface area contributed by atoms with Crippen LogP contribution < -0.4 is 0 Å². The molecule has 0 aliphatic heterocycles. The lowest BCUT2D eigenvalue weighted by atomic mass is 9.98. The largest absolute Gasteiger partial charge is 0.466 e. The van der Waals surface area contributed by atoms with Gasteiger partial charge >= 0.3 is 5.97 Å². The van der Waals surface area contributed by atoms with Crippen molar-refractivity contribution in [2.24, 2.45) is 0 Å². The Bertz CT molecular complexity index is 551. The number of carbonyl (C=O) groups excluding carboxylic acids is 2. The molecule has 0 spiro atoms. The van der Waals surface area contributed by atoms with Crippen LogP contribution in [0.3, 0.4) is 0 Å². The van der Waals surface area contributed by atoms with Crippen LogP contribution in [0.1, 0.15) is 122 Å². The van der Waals surface area contributed by atoms with Gasteiger partial charge in [0.1, 0.15) is 0 Å². The first kappa shape index (κ1) is 34.6. The summed E-state index contributed by atoms with van der Waals surface area (Å²) in [7, 11) is 5.50. The second kappa shape index (κ2) is 25.3. The first-order chi connectivity index (χ1) is 17.5. The summed E-state index contributed by atoms with van der Waals surface area (Å²) in [5.74, 6) is -0.0176. The highest BCUT2D eigenvalue weighted by molar-refractivity contribution is 5.81. The fraction of sp³-hybridized carbons (Fsp3) is 0.867. The van der Waals surface area contributed by atoms with Gasteiger partial charge in [-0.15, -0.1) is 0 Å². The fourth-order valence-corrected chi connectivity index (χ4v) is 4.63. The van der Waals surface area contributed by atoms with Gasteiger partial charge in [0.25, 0.3) is 0 Å². The number of aliphatic hydroxyl groups is 1. The van der Waals surface area contributed by atoms with E-state index in [2.05, 4.69) is 35.6 Å². The fourth-order valence-electron chi connectivity index (χ4n) is 4.63. The van der Waals surface area contributed by atoms with E-state index in [0.717, 1.165) is 70.9 Å². The summed E-state index contributed by atoms with van der Waals surface area (Å²) < 4.78 is 4.66. The number of carbonyl (C=O) groups is 2. The minimum absolute atomic E-state index is 0.220. The molecular formula is C30H58N2O4. The number of hydrogen-bond donors (Lipinski definition) is 1. The summed E-state index contributed by atoms with van der Waals surface area (Å²) in [4.78, 5) is 28.9. The van der Waals surface area contributed by atoms with Gasteiger partial charge in [0.15, 0.2) is 0 Å². The molecule has 0 heterocycles. The quantitative estimate of drug-likeness (QED) is 0.0861. The molecule has 1 unspecified atom stereocenters. The van der Waals surface area contributed by atoms with Gasteiger partial charge < -0.3 is 19.6 Å². The zero-order valence-electron chi connectivity index (χ0n) is 24.1. The summed E-state index contributed by atoms with van der Waals surface area (Å²) >= 11 is 0. The van der Waals surface area contributed by atoms with Crippen molar-refractivity contribution in [2.75, 3.05) is 40.9 Å². The minimum Gasteiger partial charge on any atom is -0.466 e. The first-order valence-corrected chi connectivity index (χ1v) is 14.8. The second-order valence-electron chi connectivity index (χ2n) is 10.4. The maximum atomic E-state index is 13.3. The monoisotopic (exact) mass is 510 g/mol. The lowest BCUT2D eigenvalue weighted by Crippen LogP contribution is -2.41. The summed E-state index contributed by atoms with van der Waals surface area (Å²) in [6, 6.07) is 0.288. The third-order valence-electron chi connectivity index (χ3n) is 6.82. The lowest BCUT2D eigenvalue weighted by molar-refractivity contribution is -0.135. The maximum Gasteiger partial charge on any atom is 0.330 e. The molecule has 0 radical (unpaired) electrons. The number of aliphatic hydroxyl groups excluding tert-OH is 1. The number of esters is 1. The summed E-state index contributed by atoms with van der Waals surface area (Å²) in [6.07, 6.45) is 23.0. The van der Waals surface area contributed by atoms with Crippen LogP contribution in [-0.2, 0) is 14.3 Å². The van der Waals surface area contributed by atoms with Crippen molar-refractivity contribution in [3.05, 3.63) is 12.2 Å². The van der Waals surface area contributed by atoms with Crippen molar-refractivity contribution in [3.63, 3.8) is 0 Å². The van der Waals surface area contributed by atoms with E-state index in [0.29, 0.717) is 6.42 Å². The van der Waals surface area contributed by atoms with Crippen molar-refractivity contribution >= 4 is 11.9 Å². The molecular weight excluding hydrogens is 452 g/mol. The average Bonchev–Trinajstić information content (AvgIpc) is 2.86. The van der Waals surface area contributed by atoms with Crippen LogP contribution in [0.15, 0.2) is 12.2 Å². The third kappa shape index (κ3) is 20.8. The van der Waals surface area contributed by atoms with Crippen LogP contribution in [0.2, 0.25) is 0 Å². The van der Waals surface area contributed by atoms with Gasteiger partial charge in [0.05, 0.1) is 7.11 Å². The molecule has 6 nitrogen and oxygen atoms in total. The predicted molar refractivity (Wildman–Crippen MR) is 151 cm³/mol. The zero-order chi connectivity index (χ0) is 26.9. The second-order valence-corrected chi connectivity index (χ2v) is 10.4. The van der Waals surface area contributed by atoms with Crippen molar-refractivity contribution in [3.8, 4) is 0 Å². The number of unbranched alkanes of at least 4 members (excludes halogenated alkanes) is 11. The van der Waals surface area contributed by atoms with Gasteiger partial charge in [-0.2, -0.15) is 0 Å². The number of amides is 1. The molecule has 0 saturated heterocycles. The lowest BCUT2D eigenvalue weighted by Gasteiger charge is -2.33. The van der Waals surface area contributed by atoms with E-state index in [1.807, 2.05) is 6.08 Å². The smallest absolute Gasteiger partial charge is 0.330 e. The number of rotatable bonds is 25. The molecule has 6 heteroatoms. The number of hydrogen-bond acceptors (Lipinski definition) is 5. The Labute approximate surface area is 222 Å². The highest BCUT2D eigenvalue weighted by atomic mass is 16.5. The highest BCUT2D eigenvalue weighted by Crippen LogP contribution is 2.21. The maximum absolute atomic E-state index is 13.3. The molecule has 0 aromatic carbocycles. The molecule has 0 aromatic heterocycles. The van der Waals surface area contributed by atoms with E-state index in [-0.39, 0.29) is 24.5 Å². The van der Waals surface area contributed by atoms with Gasteiger partial charge in [-0.05, 0) is 72.0 Å². The van der Waals surface area contributed by atoms with E-state index in [9.17, 15) is 14.7 Å². The molecule has 0 fully saturated rings. The molecule has 1 atom stereocenters. The topological polar surface area (TPSA) is 70.1 Å². The van der Waals surface area contributed by atoms with Gasteiger partial charge in [-0.25, -0.2) is 4.79 Å². The van der Waals surface area contributed by atoms with Crippen molar-refractivity contribution in [1.82, 2.24) is 9.80 Å². The third-order valence-corrected chi connectivity index (χ3v) is 6.82. The normalized spacial score (nSPS) is 12.4. The Morgan fingerprint density at radius 3 is 2.03 bits per heavy atom. The molecule has 36 heavy (non-hydrogen) atoms. The molecule has 0 saturated carbocycles. The van der Waals surface area contributed by atoms with Crippen molar-refractivity contribution in [1.29, 1.82) is 0 Å². The molecule has 0 rings (SSSR count). The molecule has 212 valence electrons. The van der Waals surface area contributed by atoms with Gasteiger partial charge in [-0.3, -0.25) is 4.79 Å². The van der Waals surface area contributed by atoms with Gasteiger partial charge in [0.2, 0.25) is 5.91 Å². The van der Waals surface area contributed by atoms with E-state index in [4.69, 9.17) is 0 Å². The first-order valence-electron chi connectivity index (χ1n) is 14.8. The van der Waals surface area contributed by atoms with Crippen molar-refractivity contribution < 1.29 is 19.4 Å². The minimum atomic E-state index is -0.306. The Balaban J connectivity index is 4.95. The molecule has 0 aliphatic carbocycles. The molecule has 1 amide bonds. The van der Waals surface area contributed by atoms with Crippen LogP contribution in [0.25, 0.3) is 0 Å². The zero-order valence-corrected chi connectivity index (χ0v) is 24.1. The summed E-state index contributed by atoms with van der Waals surface area (Å²) in [5, 5.41) is 9.17.